The van der Waals surface area contributed by atoms with E-state index < -0.39 is 5.91 Å². The lowest BCUT2D eigenvalue weighted by Gasteiger charge is -2.14. The third-order valence-electron chi connectivity index (χ3n) is 4.27. The molecule has 0 aliphatic heterocycles. The number of hydrogen-bond acceptors (Lipinski definition) is 5. The van der Waals surface area contributed by atoms with Crippen LogP contribution < -0.4 is 20.7 Å². The number of benzene rings is 2. The van der Waals surface area contributed by atoms with Crippen molar-refractivity contribution in [2.75, 3.05) is 17.7 Å². The summed E-state index contributed by atoms with van der Waals surface area (Å²) in [4.78, 5) is 24.9. The van der Waals surface area contributed by atoms with Gasteiger partial charge in [0.2, 0.25) is 5.91 Å². The standard InChI is InChI=1S/C21H19Cl2N3O3S2/c1-10(2)19(27)25-14-7-5-12(9-15(14)29-3)24-21(30)26-20(28)18-17(23)13-6-4-11(22)8-16(13)31-18/h4-10H,1-3H3,(H,25,27)(H2,24,26,28,30). The Morgan fingerprint density at radius 3 is 2.52 bits per heavy atom. The van der Waals surface area contributed by atoms with E-state index >= 15 is 0 Å². The van der Waals surface area contributed by atoms with E-state index in [4.69, 9.17) is 40.2 Å². The van der Waals surface area contributed by atoms with E-state index in [-0.39, 0.29) is 16.9 Å². The lowest BCUT2D eigenvalue weighted by molar-refractivity contribution is -0.118. The molecule has 0 radical (unpaired) electrons. The van der Waals surface area contributed by atoms with Crippen LogP contribution in [0, 0.1) is 5.92 Å². The monoisotopic (exact) mass is 495 g/mol. The molecule has 0 aliphatic rings. The maximum atomic E-state index is 12.7. The predicted molar refractivity (Wildman–Crippen MR) is 132 cm³/mol. The number of halogens is 2. The van der Waals surface area contributed by atoms with Gasteiger partial charge in [-0.25, -0.2) is 0 Å². The van der Waals surface area contributed by atoms with Gasteiger partial charge in [-0.1, -0.05) is 43.1 Å². The number of amides is 2. The van der Waals surface area contributed by atoms with Gasteiger partial charge in [0, 0.05) is 32.8 Å². The Bertz CT molecular complexity index is 1180. The van der Waals surface area contributed by atoms with Crippen LogP contribution in [0.25, 0.3) is 10.1 Å². The minimum absolute atomic E-state index is 0.0950. The first-order chi connectivity index (χ1) is 14.7. The fourth-order valence-electron chi connectivity index (χ4n) is 2.66. The van der Waals surface area contributed by atoms with Gasteiger partial charge in [-0.05, 0) is 36.5 Å². The first-order valence-corrected chi connectivity index (χ1v) is 11.2. The summed E-state index contributed by atoms with van der Waals surface area (Å²) in [5.41, 5.74) is 1.12. The molecular formula is C21H19Cl2N3O3S2. The molecule has 2 aromatic carbocycles. The SMILES string of the molecule is COc1cc(NC(=S)NC(=O)c2sc3cc(Cl)ccc3c2Cl)ccc1NC(=O)C(C)C. The number of rotatable bonds is 5. The van der Waals surface area contributed by atoms with Gasteiger partial charge in [0.15, 0.2) is 5.11 Å². The van der Waals surface area contributed by atoms with Gasteiger partial charge in [0.25, 0.3) is 5.91 Å². The van der Waals surface area contributed by atoms with Crippen LogP contribution in [0.4, 0.5) is 11.4 Å². The number of methoxy groups -OCH3 is 1. The van der Waals surface area contributed by atoms with Crippen LogP contribution in [0.15, 0.2) is 36.4 Å². The number of thiophene rings is 1. The molecule has 162 valence electrons. The fourth-order valence-corrected chi connectivity index (χ4v) is 4.56. The van der Waals surface area contributed by atoms with Crippen molar-refractivity contribution in [3.63, 3.8) is 0 Å². The van der Waals surface area contributed by atoms with E-state index in [0.29, 0.717) is 32.0 Å². The van der Waals surface area contributed by atoms with Gasteiger partial charge < -0.3 is 15.4 Å². The van der Waals surface area contributed by atoms with Gasteiger partial charge in [-0.3, -0.25) is 14.9 Å². The number of hydrogen-bond donors (Lipinski definition) is 3. The molecule has 31 heavy (non-hydrogen) atoms. The van der Waals surface area contributed by atoms with Gasteiger partial charge in [0.05, 0.1) is 17.8 Å². The molecule has 1 aromatic heterocycles. The highest BCUT2D eigenvalue weighted by Gasteiger charge is 2.19. The number of carbonyl (C=O) groups is 2. The third-order valence-corrected chi connectivity index (χ3v) is 6.36. The summed E-state index contributed by atoms with van der Waals surface area (Å²) in [6.45, 7) is 3.60. The molecule has 0 unspecified atom stereocenters. The summed E-state index contributed by atoms with van der Waals surface area (Å²) >= 11 is 18.9. The average molecular weight is 496 g/mol. The molecule has 3 rings (SSSR count). The molecule has 3 aromatic rings. The van der Waals surface area contributed by atoms with Crippen LogP contribution >= 0.6 is 46.8 Å². The minimum atomic E-state index is -0.424. The zero-order chi connectivity index (χ0) is 22.7. The first-order valence-electron chi connectivity index (χ1n) is 9.18. The third kappa shape index (κ3) is 5.46. The maximum Gasteiger partial charge on any atom is 0.269 e. The van der Waals surface area contributed by atoms with Crippen LogP contribution in [-0.2, 0) is 4.79 Å². The Morgan fingerprint density at radius 1 is 1.10 bits per heavy atom. The summed E-state index contributed by atoms with van der Waals surface area (Å²) in [5.74, 6) is -0.254. The number of fused-ring (bicyclic) bond motifs is 1. The summed E-state index contributed by atoms with van der Waals surface area (Å²) in [5, 5.41) is 10.1. The molecule has 2 amide bonds. The van der Waals surface area contributed by atoms with E-state index in [2.05, 4.69) is 16.0 Å². The Kier molecular flexibility index (Phi) is 7.38. The van der Waals surface area contributed by atoms with Crippen molar-refractivity contribution in [1.29, 1.82) is 0 Å². The summed E-state index contributed by atoms with van der Waals surface area (Å²) in [7, 11) is 1.50. The van der Waals surface area contributed by atoms with Gasteiger partial charge in [-0.2, -0.15) is 0 Å². The molecule has 10 heteroatoms. The Hall–Kier alpha value is -2.39. The number of thiocarbonyl (C=S) groups is 1. The molecule has 0 saturated heterocycles. The number of carbonyl (C=O) groups excluding carboxylic acids is 2. The second-order valence-corrected chi connectivity index (χ2v) is 9.13. The van der Waals surface area contributed by atoms with Gasteiger partial charge in [-0.15, -0.1) is 11.3 Å². The van der Waals surface area contributed by atoms with Crippen molar-refractivity contribution in [3.8, 4) is 5.75 Å². The smallest absolute Gasteiger partial charge is 0.269 e. The Labute approximate surface area is 198 Å². The molecule has 1 heterocycles. The van der Waals surface area contributed by atoms with E-state index in [0.717, 1.165) is 10.1 Å². The lowest BCUT2D eigenvalue weighted by Crippen LogP contribution is -2.33. The van der Waals surface area contributed by atoms with E-state index in [1.54, 1.807) is 50.2 Å². The molecule has 0 saturated carbocycles. The van der Waals surface area contributed by atoms with E-state index in [9.17, 15) is 9.59 Å². The average Bonchev–Trinajstić information content (AvgIpc) is 3.04. The van der Waals surface area contributed by atoms with E-state index in [1.807, 2.05) is 0 Å². The largest absolute Gasteiger partial charge is 0.494 e. The first kappa shape index (κ1) is 23.3. The Morgan fingerprint density at radius 2 is 1.84 bits per heavy atom. The topological polar surface area (TPSA) is 79.5 Å². The predicted octanol–water partition coefficient (Wildman–Crippen LogP) is 5.94. The van der Waals surface area contributed by atoms with Crippen LogP contribution in [-0.4, -0.2) is 24.0 Å². The second kappa shape index (κ2) is 9.82. The highest BCUT2D eigenvalue weighted by Crippen LogP contribution is 2.36. The highest BCUT2D eigenvalue weighted by atomic mass is 35.5. The molecule has 0 spiro atoms. The fraction of sp³-hybridized carbons (Fsp3) is 0.190. The molecule has 6 nitrogen and oxygen atoms in total. The van der Waals surface area contributed by atoms with Crippen LogP contribution in [0.3, 0.4) is 0 Å². The zero-order valence-electron chi connectivity index (χ0n) is 16.8. The van der Waals surface area contributed by atoms with Crippen molar-refractivity contribution in [1.82, 2.24) is 5.32 Å². The van der Waals surface area contributed by atoms with Gasteiger partial charge >= 0.3 is 0 Å². The zero-order valence-corrected chi connectivity index (χ0v) is 20.0. The summed E-state index contributed by atoms with van der Waals surface area (Å²) in [6.07, 6.45) is 0. The summed E-state index contributed by atoms with van der Waals surface area (Å²) in [6, 6.07) is 10.3. The molecule has 3 N–H and O–H groups in total. The molecular weight excluding hydrogens is 477 g/mol. The van der Waals surface area contributed by atoms with Crippen LogP contribution in [0.5, 0.6) is 5.75 Å². The Balaban J connectivity index is 1.71. The quantitative estimate of drug-likeness (QED) is 0.381. The van der Waals surface area contributed by atoms with Crippen molar-refractivity contribution in [2.24, 2.45) is 5.92 Å². The van der Waals surface area contributed by atoms with E-state index in [1.165, 1.54) is 18.4 Å². The van der Waals surface area contributed by atoms with Crippen LogP contribution in [0.2, 0.25) is 10.0 Å². The van der Waals surface area contributed by atoms with Crippen molar-refractivity contribution in [2.45, 2.75) is 13.8 Å². The minimum Gasteiger partial charge on any atom is -0.494 e. The van der Waals surface area contributed by atoms with Crippen molar-refractivity contribution in [3.05, 3.63) is 51.3 Å². The number of anilines is 2. The highest BCUT2D eigenvalue weighted by molar-refractivity contribution is 7.80. The number of nitrogens with one attached hydrogen (secondary N) is 3. The number of ether oxygens (including phenoxy) is 1. The second-order valence-electron chi connectivity index (χ2n) is 6.85. The molecule has 0 atom stereocenters. The lowest BCUT2D eigenvalue weighted by atomic mass is 10.2. The van der Waals surface area contributed by atoms with Crippen molar-refractivity contribution < 1.29 is 14.3 Å². The normalized spacial score (nSPS) is 10.8. The summed E-state index contributed by atoms with van der Waals surface area (Å²) < 4.78 is 6.16. The maximum absolute atomic E-state index is 12.7. The van der Waals surface area contributed by atoms with Crippen molar-refractivity contribution >= 4 is 85.1 Å². The molecule has 0 fully saturated rings. The van der Waals surface area contributed by atoms with Gasteiger partial charge in [0.1, 0.15) is 10.6 Å². The molecule has 0 bridgehead atoms. The molecule has 0 aliphatic carbocycles. The van der Waals surface area contributed by atoms with Crippen LogP contribution in [0.1, 0.15) is 23.5 Å².